The van der Waals surface area contributed by atoms with E-state index in [1.54, 1.807) is 24.1 Å². The molecule has 0 fully saturated rings. The lowest BCUT2D eigenvalue weighted by molar-refractivity contribution is -0.134. The second-order valence-corrected chi connectivity index (χ2v) is 7.78. The highest BCUT2D eigenvalue weighted by molar-refractivity contribution is 5.97. The van der Waals surface area contributed by atoms with Crippen LogP contribution in [0.2, 0.25) is 0 Å². The topological polar surface area (TPSA) is 67.9 Å². The first-order valence-electron chi connectivity index (χ1n) is 9.86. The smallest absolute Gasteiger partial charge is 0.251 e. The average molecular weight is 396 g/mol. The average Bonchev–Trinajstić information content (AvgIpc) is 2.71. The molecule has 1 aliphatic rings. The van der Waals surface area contributed by atoms with Gasteiger partial charge in [0.1, 0.15) is 12.6 Å². The number of amides is 2. The number of fused-ring (bicyclic) bond motifs is 1. The third kappa shape index (κ3) is 5.08. The highest BCUT2D eigenvalue weighted by atomic mass is 16.6. The molecule has 6 nitrogen and oxygen atoms in total. The summed E-state index contributed by atoms with van der Waals surface area (Å²) in [5.41, 5.74) is 1.62. The van der Waals surface area contributed by atoms with Crippen molar-refractivity contribution in [1.29, 1.82) is 0 Å². The maximum Gasteiger partial charge on any atom is 0.251 e. The number of para-hydroxylation sites is 2. The lowest BCUT2D eigenvalue weighted by Gasteiger charge is -2.32. The van der Waals surface area contributed by atoms with E-state index in [4.69, 9.17) is 9.47 Å². The van der Waals surface area contributed by atoms with Gasteiger partial charge in [-0.15, -0.1) is 0 Å². The molecule has 0 radical (unpaired) electrons. The van der Waals surface area contributed by atoms with E-state index in [0.717, 1.165) is 5.56 Å². The summed E-state index contributed by atoms with van der Waals surface area (Å²) in [6.07, 6.45) is -0.264. The largest absolute Gasteiger partial charge is 0.486 e. The van der Waals surface area contributed by atoms with Crippen LogP contribution < -0.4 is 14.8 Å². The van der Waals surface area contributed by atoms with Crippen molar-refractivity contribution in [1.82, 2.24) is 10.2 Å². The van der Waals surface area contributed by atoms with Crippen LogP contribution in [0.5, 0.6) is 11.5 Å². The number of aryl methyl sites for hydroxylation is 1. The summed E-state index contributed by atoms with van der Waals surface area (Å²) in [6.45, 7) is 6.55. The molecule has 0 aromatic heterocycles. The molecule has 6 heteroatoms. The number of ether oxygens (including phenoxy) is 2. The highest BCUT2D eigenvalue weighted by Gasteiger charge is 2.30. The van der Waals surface area contributed by atoms with E-state index in [0.29, 0.717) is 30.2 Å². The lowest BCUT2D eigenvalue weighted by Crippen LogP contribution is -2.52. The first-order chi connectivity index (χ1) is 13.8. The van der Waals surface area contributed by atoms with E-state index >= 15 is 0 Å². The standard InChI is InChI=1S/C23H28N2O4/c1-15(2)21(24-22(26)17-11-9-16(3)10-12-17)23(27)25(4)13-18-14-28-19-7-5-6-8-20(19)29-18/h5-12,15,18,21H,13-14H2,1-4H3,(H,24,26)/t18?,21-/m0/s1. The number of benzene rings is 2. The Bertz CT molecular complexity index is 863. The number of carbonyl (C=O) groups is 2. The molecule has 2 atom stereocenters. The summed E-state index contributed by atoms with van der Waals surface area (Å²) >= 11 is 0. The Kier molecular flexibility index (Phi) is 6.42. The van der Waals surface area contributed by atoms with Gasteiger partial charge < -0.3 is 19.7 Å². The van der Waals surface area contributed by atoms with E-state index in [2.05, 4.69) is 5.32 Å². The minimum atomic E-state index is -0.620. The molecule has 1 heterocycles. The zero-order valence-corrected chi connectivity index (χ0v) is 17.3. The maximum atomic E-state index is 13.0. The molecule has 0 bridgehead atoms. The van der Waals surface area contributed by atoms with Gasteiger partial charge in [0.15, 0.2) is 17.6 Å². The fourth-order valence-corrected chi connectivity index (χ4v) is 3.23. The summed E-state index contributed by atoms with van der Waals surface area (Å²) in [6, 6.07) is 14.2. The molecule has 154 valence electrons. The summed E-state index contributed by atoms with van der Waals surface area (Å²) in [5, 5.41) is 2.88. The first kappa shape index (κ1) is 20.7. The van der Waals surface area contributed by atoms with Crippen LogP contribution in [-0.4, -0.2) is 49.1 Å². The van der Waals surface area contributed by atoms with Gasteiger partial charge in [0, 0.05) is 12.6 Å². The lowest BCUT2D eigenvalue weighted by atomic mass is 10.0. The van der Waals surface area contributed by atoms with Crippen molar-refractivity contribution >= 4 is 11.8 Å². The molecular formula is C23H28N2O4. The number of carbonyl (C=O) groups excluding carboxylic acids is 2. The summed E-state index contributed by atoms with van der Waals surface area (Å²) in [4.78, 5) is 27.2. The normalized spacial score (nSPS) is 16.2. The molecule has 0 saturated heterocycles. The highest BCUT2D eigenvalue weighted by Crippen LogP contribution is 2.31. The summed E-state index contributed by atoms with van der Waals surface area (Å²) < 4.78 is 11.7. The van der Waals surface area contributed by atoms with E-state index in [1.807, 2.05) is 57.2 Å². The van der Waals surface area contributed by atoms with E-state index in [-0.39, 0.29) is 23.8 Å². The van der Waals surface area contributed by atoms with Gasteiger partial charge in [-0.05, 0) is 37.1 Å². The Hall–Kier alpha value is -3.02. The minimum absolute atomic E-state index is 0.0522. The van der Waals surface area contributed by atoms with Gasteiger partial charge in [-0.25, -0.2) is 0 Å². The Labute approximate surface area is 171 Å². The molecule has 2 aromatic carbocycles. The molecule has 2 aromatic rings. The van der Waals surface area contributed by atoms with Crippen LogP contribution >= 0.6 is 0 Å². The number of nitrogens with one attached hydrogen (secondary N) is 1. The van der Waals surface area contributed by atoms with Crippen molar-refractivity contribution in [2.75, 3.05) is 20.2 Å². The fourth-order valence-electron chi connectivity index (χ4n) is 3.23. The molecule has 3 rings (SSSR count). The van der Waals surface area contributed by atoms with Crippen molar-refractivity contribution in [2.45, 2.75) is 32.9 Å². The first-order valence-corrected chi connectivity index (χ1v) is 9.86. The molecule has 0 aliphatic carbocycles. The summed E-state index contributed by atoms with van der Waals surface area (Å²) in [5.74, 6) is 0.934. The Morgan fingerprint density at radius 1 is 1.10 bits per heavy atom. The van der Waals surface area contributed by atoms with Gasteiger partial charge in [0.2, 0.25) is 5.91 Å². The van der Waals surface area contributed by atoms with Gasteiger partial charge in [-0.1, -0.05) is 43.7 Å². The predicted octanol–water partition coefficient (Wildman–Crippen LogP) is 3.05. The van der Waals surface area contributed by atoms with E-state index in [9.17, 15) is 9.59 Å². The van der Waals surface area contributed by atoms with E-state index in [1.165, 1.54) is 0 Å². The Morgan fingerprint density at radius 3 is 2.41 bits per heavy atom. The van der Waals surface area contributed by atoms with Crippen molar-refractivity contribution in [2.24, 2.45) is 5.92 Å². The summed E-state index contributed by atoms with van der Waals surface area (Å²) in [7, 11) is 1.72. The van der Waals surface area contributed by atoms with Gasteiger partial charge >= 0.3 is 0 Å². The number of hydrogen-bond donors (Lipinski definition) is 1. The Balaban J connectivity index is 1.62. The Morgan fingerprint density at radius 2 is 1.76 bits per heavy atom. The number of rotatable bonds is 6. The number of hydrogen-bond acceptors (Lipinski definition) is 4. The van der Waals surface area contributed by atoms with Crippen LogP contribution in [0.15, 0.2) is 48.5 Å². The van der Waals surface area contributed by atoms with Crippen molar-refractivity contribution in [3.8, 4) is 11.5 Å². The third-order valence-electron chi connectivity index (χ3n) is 4.95. The molecular weight excluding hydrogens is 368 g/mol. The van der Waals surface area contributed by atoms with Crippen LogP contribution in [0.25, 0.3) is 0 Å². The van der Waals surface area contributed by atoms with Crippen molar-refractivity contribution in [3.63, 3.8) is 0 Å². The second kappa shape index (κ2) is 8.99. The predicted molar refractivity (Wildman–Crippen MR) is 111 cm³/mol. The monoisotopic (exact) mass is 396 g/mol. The van der Waals surface area contributed by atoms with Gasteiger partial charge in [0.05, 0.1) is 6.54 Å². The molecule has 0 saturated carbocycles. The zero-order valence-electron chi connectivity index (χ0n) is 17.3. The molecule has 1 aliphatic heterocycles. The maximum absolute atomic E-state index is 13.0. The quantitative estimate of drug-likeness (QED) is 0.815. The fraction of sp³-hybridized carbons (Fsp3) is 0.391. The van der Waals surface area contributed by atoms with Crippen LogP contribution in [0.4, 0.5) is 0 Å². The number of likely N-dealkylation sites (N-methyl/N-ethyl adjacent to an activating group) is 1. The molecule has 2 amide bonds. The second-order valence-electron chi connectivity index (χ2n) is 7.78. The van der Waals surface area contributed by atoms with Gasteiger partial charge in [-0.2, -0.15) is 0 Å². The van der Waals surface area contributed by atoms with Crippen molar-refractivity contribution in [3.05, 3.63) is 59.7 Å². The molecule has 29 heavy (non-hydrogen) atoms. The third-order valence-corrected chi connectivity index (χ3v) is 4.95. The molecule has 0 spiro atoms. The minimum Gasteiger partial charge on any atom is -0.486 e. The van der Waals surface area contributed by atoms with Crippen LogP contribution in [-0.2, 0) is 4.79 Å². The van der Waals surface area contributed by atoms with Gasteiger partial charge in [-0.3, -0.25) is 9.59 Å². The van der Waals surface area contributed by atoms with Crippen molar-refractivity contribution < 1.29 is 19.1 Å². The van der Waals surface area contributed by atoms with Crippen LogP contribution in [0.1, 0.15) is 29.8 Å². The van der Waals surface area contributed by atoms with Crippen LogP contribution in [0.3, 0.4) is 0 Å². The SMILES string of the molecule is Cc1ccc(C(=O)N[C@H](C(=O)N(C)CC2COc3ccccc3O2)C(C)C)cc1. The molecule has 1 N–H and O–H groups in total. The van der Waals surface area contributed by atoms with E-state index < -0.39 is 6.04 Å². The van der Waals surface area contributed by atoms with Gasteiger partial charge in [0.25, 0.3) is 5.91 Å². The zero-order chi connectivity index (χ0) is 21.0. The van der Waals surface area contributed by atoms with Crippen LogP contribution in [0, 0.1) is 12.8 Å². The molecule has 1 unspecified atom stereocenters. The number of nitrogens with zero attached hydrogens (tertiary/aromatic N) is 1.